The Morgan fingerprint density at radius 1 is 1.50 bits per heavy atom. The van der Waals surface area contributed by atoms with E-state index in [0.29, 0.717) is 43.9 Å². The smallest absolute Gasteiger partial charge is 0.312 e. The Morgan fingerprint density at radius 3 is 2.65 bits per heavy atom. The molecule has 0 radical (unpaired) electrons. The summed E-state index contributed by atoms with van der Waals surface area (Å²) in [6.45, 7) is 5.41. The molecule has 0 amide bonds. The van der Waals surface area contributed by atoms with Crippen LogP contribution in [0.3, 0.4) is 0 Å². The molecular weight excluding hydrogens is 260 g/mol. The molecule has 2 rings (SSSR count). The van der Waals surface area contributed by atoms with Crippen molar-refractivity contribution in [1.29, 1.82) is 0 Å². The Labute approximate surface area is 118 Å². The molecule has 0 unspecified atom stereocenters. The van der Waals surface area contributed by atoms with Crippen molar-refractivity contribution in [3.05, 3.63) is 11.8 Å². The van der Waals surface area contributed by atoms with Crippen LogP contribution < -0.4 is 0 Å². The number of esters is 1. The van der Waals surface area contributed by atoms with Gasteiger partial charge in [-0.25, -0.2) is 0 Å². The molecule has 112 valence electrons. The fourth-order valence-electron chi connectivity index (χ4n) is 2.67. The molecule has 1 saturated carbocycles. The molecule has 1 heterocycles. The molecule has 6 heteroatoms. The van der Waals surface area contributed by atoms with Crippen molar-refractivity contribution in [1.82, 2.24) is 10.2 Å². The first-order valence-electron chi connectivity index (χ1n) is 7.16. The second kappa shape index (κ2) is 5.91. The van der Waals surface area contributed by atoms with Gasteiger partial charge in [0.25, 0.3) is 5.89 Å². The van der Waals surface area contributed by atoms with E-state index in [4.69, 9.17) is 9.15 Å². The van der Waals surface area contributed by atoms with Gasteiger partial charge in [0, 0.05) is 6.92 Å². The molecule has 1 aliphatic rings. The molecule has 1 aromatic heterocycles. The topological polar surface area (TPSA) is 85.5 Å². The number of hydrogen-bond acceptors (Lipinski definition) is 6. The molecule has 1 atom stereocenters. The summed E-state index contributed by atoms with van der Waals surface area (Å²) < 4.78 is 10.8. The van der Waals surface area contributed by atoms with E-state index in [0.717, 1.165) is 0 Å². The highest BCUT2D eigenvalue weighted by molar-refractivity contribution is 5.77. The monoisotopic (exact) mass is 282 g/mol. The maximum atomic E-state index is 12.5. The Bertz CT molecular complexity index is 463. The van der Waals surface area contributed by atoms with Crippen molar-refractivity contribution in [2.75, 3.05) is 0 Å². The van der Waals surface area contributed by atoms with Gasteiger partial charge >= 0.3 is 5.97 Å². The van der Waals surface area contributed by atoms with Gasteiger partial charge in [-0.2, -0.15) is 0 Å². The average Bonchev–Trinajstić information content (AvgIpc) is 2.86. The van der Waals surface area contributed by atoms with E-state index < -0.39 is 11.5 Å². The first-order valence-corrected chi connectivity index (χ1v) is 7.16. The van der Waals surface area contributed by atoms with E-state index in [1.807, 2.05) is 6.92 Å². The molecule has 0 aromatic carbocycles. The lowest BCUT2D eigenvalue weighted by Gasteiger charge is -2.36. The van der Waals surface area contributed by atoms with Crippen molar-refractivity contribution in [2.24, 2.45) is 5.41 Å². The van der Waals surface area contributed by atoms with Crippen LogP contribution in [0.1, 0.15) is 63.8 Å². The number of hydrogen-bond donors (Lipinski definition) is 1. The van der Waals surface area contributed by atoms with Crippen LogP contribution in [-0.2, 0) is 9.53 Å². The van der Waals surface area contributed by atoms with Gasteiger partial charge in [-0.1, -0.05) is 6.92 Å². The zero-order chi connectivity index (χ0) is 14.8. The lowest BCUT2D eigenvalue weighted by molar-refractivity contribution is -0.166. The van der Waals surface area contributed by atoms with Crippen LogP contribution >= 0.6 is 0 Å². The molecule has 0 bridgehead atoms. The van der Waals surface area contributed by atoms with Crippen LogP contribution in [0.25, 0.3) is 0 Å². The molecular formula is C14H22N2O4. The van der Waals surface area contributed by atoms with Crippen LogP contribution in [0.15, 0.2) is 4.42 Å². The summed E-state index contributed by atoms with van der Waals surface area (Å²) in [4.78, 5) is 12.5. The first kappa shape index (κ1) is 15.0. The quantitative estimate of drug-likeness (QED) is 0.853. The number of ether oxygens (including phenoxy) is 1. The van der Waals surface area contributed by atoms with Crippen molar-refractivity contribution in [2.45, 2.75) is 65.1 Å². The van der Waals surface area contributed by atoms with Crippen LogP contribution in [0, 0.1) is 12.3 Å². The van der Waals surface area contributed by atoms with Crippen molar-refractivity contribution >= 4 is 5.97 Å². The van der Waals surface area contributed by atoms with E-state index in [9.17, 15) is 9.90 Å². The fourth-order valence-corrected chi connectivity index (χ4v) is 2.67. The molecule has 1 aliphatic carbocycles. The van der Waals surface area contributed by atoms with Gasteiger partial charge in [-0.3, -0.25) is 4.79 Å². The SMILES string of the molecule is CCC1(C(=O)O[C@@H](C)c2nnc(C)o2)CCC(O)CC1. The molecule has 1 N–H and O–H groups in total. The fraction of sp³-hybridized carbons (Fsp3) is 0.786. The summed E-state index contributed by atoms with van der Waals surface area (Å²) in [7, 11) is 0. The van der Waals surface area contributed by atoms with Gasteiger partial charge < -0.3 is 14.3 Å². The summed E-state index contributed by atoms with van der Waals surface area (Å²) in [6, 6.07) is 0. The van der Waals surface area contributed by atoms with E-state index in [1.54, 1.807) is 13.8 Å². The van der Waals surface area contributed by atoms with Crippen LogP contribution in [0.4, 0.5) is 0 Å². The standard InChI is InChI=1S/C14H22N2O4/c1-4-14(7-5-11(17)6-8-14)13(18)19-9(2)12-16-15-10(3)20-12/h9,11,17H,4-8H2,1-3H3/t9-,11?,14?/m0/s1. The normalized spacial score (nSPS) is 28.1. The number of aromatic nitrogens is 2. The lowest BCUT2D eigenvalue weighted by Crippen LogP contribution is -2.38. The van der Waals surface area contributed by atoms with E-state index in [-0.39, 0.29) is 12.1 Å². The van der Waals surface area contributed by atoms with Gasteiger partial charge in [-0.05, 0) is 39.0 Å². The van der Waals surface area contributed by atoms with Crippen molar-refractivity contribution < 1.29 is 19.1 Å². The Kier molecular flexibility index (Phi) is 4.42. The predicted octanol–water partition coefficient (Wildman–Crippen LogP) is 2.31. The zero-order valence-electron chi connectivity index (χ0n) is 12.3. The summed E-state index contributed by atoms with van der Waals surface area (Å²) in [5.41, 5.74) is -0.484. The van der Waals surface area contributed by atoms with Crippen LogP contribution in [0.2, 0.25) is 0 Å². The Morgan fingerprint density at radius 2 is 2.15 bits per heavy atom. The third-order valence-electron chi connectivity index (χ3n) is 4.20. The number of carbonyl (C=O) groups excluding carboxylic acids is 1. The molecule has 0 spiro atoms. The summed E-state index contributed by atoms with van der Waals surface area (Å²) >= 11 is 0. The van der Waals surface area contributed by atoms with Gasteiger partial charge in [0.15, 0.2) is 6.10 Å². The number of rotatable bonds is 4. The van der Waals surface area contributed by atoms with E-state index in [2.05, 4.69) is 10.2 Å². The maximum absolute atomic E-state index is 12.5. The Balaban J connectivity index is 2.02. The lowest BCUT2D eigenvalue weighted by atomic mass is 9.71. The second-order valence-corrected chi connectivity index (χ2v) is 5.57. The van der Waals surface area contributed by atoms with Gasteiger partial charge in [0.2, 0.25) is 5.89 Å². The summed E-state index contributed by atoms with van der Waals surface area (Å²) in [6.07, 6.45) is 2.51. The zero-order valence-corrected chi connectivity index (χ0v) is 12.3. The van der Waals surface area contributed by atoms with Crippen LogP contribution in [-0.4, -0.2) is 27.4 Å². The third-order valence-corrected chi connectivity index (χ3v) is 4.20. The minimum Gasteiger partial charge on any atom is -0.452 e. The molecule has 0 aliphatic heterocycles. The van der Waals surface area contributed by atoms with Gasteiger partial charge in [0.05, 0.1) is 11.5 Å². The molecule has 20 heavy (non-hydrogen) atoms. The van der Waals surface area contributed by atoms with Gasteiger partial charge in [-0.15, -0.1) is 10.2 Å². The number of nitrogens with zero attached hydrogens (tertiary/aromatic N) is 2. The predicted molar refractivity (Wildman–Crippen MR) is 70.7 cm³/mol. The number of aliphatic hydroxyl groups excluding tert-OH is 1. The minimum atomic E-state index is -0.543. The molecule has 1 aromatic rings. The molecule has 6 nitrogen and oxygen atoms in total. The van der Waals surface area contributed by atoms with E-state index in [1.165, 1.54) is 0 Å². The molecule has 1 fully saturated rings. The largest absolute Gasteiger partial charge is 0.452 e. The van der Waals surface area contributed by atoms with Gasteiger partial charge in [0.1, 0.15) is 0 Å². The highest BCUT2D eigenvalue weighted by atomic mass is 16.6. The van der Waals surface area contributed by atoms with Crippen molar-refractivity contribution in [3.63, 3.8) is 0 Å². The third kappa shape index (κ3) is 3.00. The van der Waals surface area contributed by atoms with Crippen molar-refractivity contribution in [3.8, 4) is 0 Å². The number of aryl methyl sites for hydroxylation is 1. The number of aliphatic hydroxyl groups is 1. The summed E-state index contributed by atoms with van der Waals surface area (Å²) in [5.74, 6) is 0.544. The highest BCUT2D eigenvalue weighted by Gasteiger charge is 2.42. The maximum Gasteiger partial charge on any atom is 0.312 e. The average molecular weight is 282 g/mol. The minimum absolute atomic E-state index is 0.227. The Hall–Kier alpha value is -1.43. The van der Waals surface area contributed by atoms with Crippen LogP contribution in [0.5, 0.6) is 0 Å². The number of carbonyl (C=O) groups is 1. The van der Waals surface area contributed by atoms with E-state index >= 15 is 0 Å². The second-order valence-electron chi connectivity index (χ2n) is 5.57. The summed E-state index contributed by atoms with van der Waals surface area (Å²) in [5, 5.41) is 17.2. The molecule has 0 saturated heterocycles. The highest BCUT2D eigenvalue weighted by Crippen LogP contribution is 2.41. The first-order chi connectivity index (χ1) is 9.47.